The van der Waals surface area contributed by atoms with Crippen molar-refractivity contribution in [1.29, 1.82) is 0 Å². The number of esters is 1. The Labute approximate surface area is 133 Å². The highest BCUT2D eigenvalue weighted by molar-refractivity contribution is 7.94. The fraction of sp³-hybridized carbons (Fsp3) is 0.214. The molecule has 0 saturated carbocycles. The number of benzene rings is 1. The van der Waals surface area contributed by atoms with Crippen molar-refractivity contribution < 1.29 is 27.5 Å². The van der Waals surface area contributed by atoms with E-state index in [1.54, 1.807) is 18.2 Å². The van der Waals surface area contributed by atoms with Crippen molar-refractivity contribution >= 4 is 27.6 Å². The highest BCUT2D eigenvalue weighted by Gasteiger charge is 2.20. The van der Waals surface area contributed by atoms with Crippen molar-refractivity contribution in [2.24, 2.45) is 5.10 Å². The maximum absolute atomic E-state index is 12.3. The van der Waals surface area contributed by atoms with Crippen molar-refractivity contribution in [2.45, 2.75) is 11.8 Å². The Kier molecular flexibility index (Phi) is 6.46. The summed E-state index contributed by atoms with van der Waals surface area (Å²) in [5, 5.41) is 4.34. The van der Waals surface area contributed by atoms with Crippen LogP contribution in [0.2, 0.25) is 0 Å². The van der Waals surface area contributed by atoms with Gasteiger partial charge in [-0.2, -0.15) is 5.10 Å². The maximum atomic E-state index is 12.3. The lowest BCUT2D eigenvalue weighted by atomic mass is 10.2. The van der Waals surface area contributed by atoms with Gasteiger partial charge in [0.2, 0.25) is 9.84 Å². The Balaban J connectivity index is 3.26. The standard InChI is InChI=1S/C14H16N2O6S/c1-10(15-16-14(18)22-3)12(13(17)21-2)9-23(19,20)11-7-5-4-6-8-11/h4-9H,1-3H3,(H,16,18)/b12-9-,15-10+. The second-order valence-electron chi connectivity index (χ2n) is 4.18. The molecule has 0 atom stereocenters. The predicted octanol–water partition coefficient (Wildman–Crippen LogP) is 1.25. The van der Waals surface area contributed by atoms with Crippen LogP contribution in [0, 0.1) is 0 Å². The molecule has 23 heavy (non-hydrogen) atoms. The molecule has 1 rings (SSSR count). The number of methoxy groups -OCH3 is 2. The first-order valence-corrected chi connectivity index (χ1v) is 7.85. The van der Waals surface area contributed by atoms with E-state index in [2.05, 4.69) is 14.6 Å². The number of sulfone groups is 1. The minimum Gasteiger partial charge on any atom is -0.465 e. The third kappa shape index (κ3) is 5.22. The normalized spacial score (nSPS) is 12.5. The lowest BCUT2D eigenvalue weighted by Crippen LogP contribution is -2.21. The Morgan fingerprint density at radius 2 is 1.74 bits per heavy atom. The number of amides is 1. The Morgan fingerprint density at radius 3 is 2.26 bits per heavy atom. The summed E-state index contributed by atoms with van der Waals surface area (Å²) in [4.78, 5) is 22.8. The van der Waals surface area contributed by atoms with Crippen LogP contribution in [0.5, 0.6) is 0 Å². The SMILES string of the molecule is COC(=O)N/N=C(C)/C(=C/S(=O)(=O)c1ccccc1)C(=O)OC. The van der Waals surface area contributed by atoms with E-state index in [0.29, 0.717) is 0 Å². The van der Waals surface area contributed by atoms with Crippen LogP contribution in [0.25, 0.3) is 0 Å². The predicted molar refractivity (Wildman–Crippen MR) is 82.4 cm³/mol. The minimum atomic E-state index is -3.89. The van der Waals surface area contributed by atoms with Gasteiger partial charge in [0.1, 0.15) is 0 Å². The first kappa shape index (κ1) is 18.4. The van der Waals surface area contributed by atoms with E-state index in [4.69, 9.17) is 0 Å². The molecule has 1 amide bonds. The van der Waals surface area contributed by atoms with Crippen molar-refractivity contribution in [3.05, 3.63) is 41.3 Å². The zero-order valence-electron chi connectivity index (χ0n) is 12.8. The number of carbonyl (C=O) groups excluding carboxylic acids is 2. The van der Waals surface area contributed by atoms with Gasteiger partial charge in [0, 0.05) is 0 Å². The van der Waals surface area contributed by atoms with E-state index in [1.807, 2.05) is 5.43 Å². The number of hydrogen-bond acceptors (Lipinski definition) is 7. The van der Waals surface area contributed by atoms with Gasteiger partial charge >= 0.3 is 12.1 Å². The van der Waals surface area contributed by atoms with Gasteiger partial charge in [-0.3, -0.25) is 0 Å². The van der Waals surface area contributed by atoms with Gasteiger partial charge in [0.25, 0.3) is 0 Å². The molecule has 1 N–H and O–H groups in total. The summed E-state index contributed by atoms with van der Waals surface area (Å²) in [5.41, 5.74) is 1.63. The number of nitrogens with zero attached hydrogens (tertiary/aromatic N) is 1. The average molecular weight is 340 g/mol. The van der Waals surface area contributed by atoms with E-state index >= 15 is 0 Å². The molecule has 0 unspecified atom stereocenters. The molecule has 0 spiro atoms. The first-order valence-electron chi connectivity index (χ1n) is 6.30. The molecule has 0 saturated heterocycles. The van der Waals surface area contributed by atoms with Crippen LogP contribution >= 0.6 is 0 Å². The lowest BCUT2D eigenvalue weighted by Gasteiger charge is -2.06. The number of carbonyl (C=O) groups is 2. The summed E-state index contributed by atoms with van der Waals surface area (Å²) in [6.45, 7) is 1.35. The van der Waals surface area contributed by atoms with Gasteiger partial charge in [0.15, 0.2) is 0 Å². The molecule has 0 aliphatic heterocycles. The largest absolute Gasteiger partial charge is 0.465 e. The Morgan fingerprint density at radius 1 is 1.13 bits per heavy atom. The molecule has 8 nitrogen and oxygen atoms in total. The topological polar surface area (TPSA) is 111 Å². The van der Waals surface area contributed by atoms with Crippen LogP contribution in [-0.4, -0.2) is 40.4 Å². The van der Waals surface area contributed by atoms with Crippen LogP contribution in [0.15, 0.2) is 51.3 Å². The monoisotopic (exact) mass is 340 g/mol. The minimum absolute atomic E-state index is 0.00938. The van der Waals surface area contributed by atoms with Crippen molar-refractivity contribution in [3.63, 3.8) is 0 Å². The van der Waals surface area contributed by atoms with Gasteiger partial charge < -0.3 is 9.47 Å². The van der Waals surface area contributed by atoms with Gasteiger partial charge in [-0.25, -0.2) is 23.4 Å². The molecule has 124 valence electrons. The summed E-state index contributed by atoms with van der Waals surface area (Å²) in [5.74, 6) is -0.905. The van der Waals surface area contributed by atoms with Crippen molar-refractivity contribution in [2.75, 3.05) is 14.2 Å². The molecule has 0 radical (unpaired) electrons. The third-order valence-corrected chi connectivity index (χ3v) is 4.12. The summed E-state index contributed by atoms with van der Waals surface area (Å²) < 4.78 is 33.5. The van der Waals surface area contributed by atoms with E-state index in [0.717, 1.165) is 19.6 Å². The number of ether oxygens (including phenoxy) is 2. The molecule has 0 aliphatic carbocycles. The fourth-order valence-corrected chi connectivity index (χ4v) is 2.71. The zero-order chi connectivity index (χ0) is 17.5. The highest BCUT2D eigenvalue weighted by atomic mass is 32.2. The summed E-state index contributed by atoms with van der Waals surface area (Å²) in [6.07, 6.45) is -0.862. The molecule has 0 aliphatic rings. The Hall–Kier alpha value is -2.68. The maximum Gasteiger partial charge on any atom is 0.427 e. The molecule has 0 fully saturated rings. The molecule has 9 heteroatoms. The molecular formula is C14H16N2O6S. The lowest BCUT2D eigenvalue weighted by molar-refractivity contribution is -0.135. The van der Waals surface area contributed by atoms with Crippen LogP contribution in [0.1, 0.15) is 6.92 Å². The number of hydrazone groups is 1. The van der Waals surface area contributed by atoms with Crippen LogP contribution in [0.4, 0.5) is 4.79 Å². The highest BCUT2D eigenvalue weighted by Crippen LogP contribution is 2.15. The summed E-state index contributed by atoms with van der Waals surface area (Å²) in [7, 11) is -1.65. The third-order valence-electron chi connectivity index (χ3n) is 2.64. The zero-order valence-corrected chi connectivity index (χ0v) is 13.6. The second-order valence-corrected chi connectivity index (χ2v) is 5.98. The van der Waals surface area contributed by atoms with Gasteiger partial charge in [-0.1, -0.05) is 18.2 Å². The molecule has 1 aromatic rings. The average Bonchev–Trinajstić information content (AvgIpc) is 2.57. The van der Waals surface area contributed by atoms with Crippen molar-refractivity contribution in [3.8, 4) is 0 Å². The van der Waals surface area contributed by atoms with E-state index in [-0.39, 0.29) is 16.2 Å². The van der Waals surface area contributed by atoms with Crippen LogP contribution in [0.3, 0.4) is 0 Å². The molecule has 0 aromatic heterocycles. The fourth-order valence-electron chi connectivity index (χ4n) is 1.46. The van der Waals surface area contributed by atoms with E-state index in [9.17, 15) is 18.0 Å². The Bertz CT molecular complexity index is 738. The number of hydrogen-bond donors (Lipinski definition) is 1. The molecular weight excluding hydrogens is 324 g/mol. The smallest absolute Gasteiger partial charge is 0.427 e. The van der Waals surface area contributed by atoms with Gasteiger partial charge in [-0.05, 0) is 19.1 Å². The molecule has 0 bridgehead atoms. The second kappa shape index (κ2) is 8.08. The quantitative estimate of drug-likeness (QED) is 0.374. The number of rotatable bonds is 5. The summed E-state index contributed by atoms with van der Waals surface area (Å²) in [6, 6.07) is 7.55. The van der Waals surface area contributed by atoms with Crippen LogP contribution < -0.4 is 5.43 Å². The van der Waals surface area contributed by atoms with E-state index < -0.39 is 21.9 Å². The van der Waals surface area contributed by atoms with E-state index in [1.165, 1.54) is 19.1 Å². The van der Waals surface area contributed by atoms with Gasteiger partial charge in [0.05, 0.1) is 35.8 Å². The number of nitrogens with one attached hydrogen (secondary N) is 1. The van der Waals surface area contributed by atoms with Gasteiger partial charge in [-0.15, -0.1) is 0 Å². The molecule has 1 aromatic carbocycles. The summed E-state index contributed by atoms with van der Waals surface area (Å²) >= 11 is 0. The molecule has 0 heterocycles. The van der Waals surface area contributed by atoms with Crippen LogP contribution in [-0.2, 0) is 24.1 Å². The first-order chi connectivity index (χ1) is 10.8. The van der Waals surface area contributed by atoms with Crippen molar-refractivity contribution in [1.82, 2.24) is 5.43 Å².